The maximum Gasteiger partial charge on any atom is 0.316 e. The number of fused-ring (bicyclic) bond motifs is 1. The lowest BCUT2D eigenvalue weighted by molar-refractivity contribution is -0.141. The highest BCUT2D eigenvalue weighted by Crippen LogP contribution is 2.33. The Morgan fingerprint density at radius 3 is 2.70 bits per heavy atom. The lowest BCUT2D eigenvalue weighted by Gasteiger charge is -2.08. The van der Waals surface area contributed by atoms with Gasteiger partial charge in [-0.3, -0.25) is 9.59 Å². The molecule has 33 heavy (non-hydrogen) atoms. The minimum Gasteiger partial charge on any atom is -0.459 e. The summed E-state index contributed by atoms with van der Waals surface area (Å²) >= 11 is 9.11. The van der Waals surface area contributed by atoms with Crippen molar-refractivity contribution in [3.05, 3.63) is 87.3 Å². The van der Waals surface area contributed by atoms with Crippen molar-refractivity contribution in [3.63, 3.8) is 0 Å². The van der Waals surface area contributed by atoms with Crippen molar-refractivity contribution >= 4 is 63.0 Å². The number of carbonyl (C=O) groups excluding carboxylic acids is 2. The molecule has 0 spiro atoms. The molecular weight excluding hydrogens is 476 g/mol. The zero-order chi connectivity index (χ0) is 23.2. The third-order valence-electron chi connectivity index (χ3n) is 4.87. The van der Waals surface area contributed by atoms with Gasteiger partial charge < -0.3 is 10.1 Å². The topological polar surface area (TPSA) is 68.3 Å². The molecule has 0 saturated heterocycles. The van der Waals surface area contributed by atoms with Gasteiger partial charge in [-0.05, 0) is 36.1 Å². The van der Waals surface area contributed by atoms with Gasteiger partial charge in [0.2, 0.25) is 5.91 Å². The first-order chi connectivity index (χ1) is 16.0. The minimum absolute atomic E-state index is 0.0750. The summed E-state index contributed by atoms with van der Waals surface area (Å²) in [7, 11) is 0. The molecule has 0 saturated carbocycles. The van der Waals surface area contributed by atoms with E-state index in [-0.39, 0.29) is 30.7 Å². The summed E-state index contributed by atoms with van der Waals surface area (Å²) < 4.78 is 5.37. The Morgan fingerprint density at radius 2 is 1.88 bits per heavy atom. The molecule has 0 atom stereocenters. The highest BCUT2D eigenvalue weighted by molar-refractivity contribution is 8.00. The number of rotatable bonds is 8. The van der Waals surface area contributed by atoms with E-state index in [2.05, 4.69) is 10.3 Å². The predicted octanol–water partition coefficient (Wildman–Crippen LogP) is 6.27. The molecule has 0 aliphatic heterocycles. The number of hydrogen-bond acceptors (Lipinski definition) is 6. The number of anilines is 1. The molecule has 5 nitrogen and oxygen atoms in total. The second-order valence-electron chi connectivity index (χ2n) is 7.32. The molecule has 1 N–H and O–H groups in total. The third kappa shape index (κ3) is 6.13. The Balaban J connectivity index is 1.27. The molecule has 0 aliphatic carbocycles. The van der Waals surface area contributed by atoms with Gasteiger partial charge in [0.15, 0.2) is 0 Å². The van der Waals surface area contributed by atoms with Crippen LogP contribution in [0.1, 0.15) is 16.3 Å². The average molecular weight is 497 g/mol. The molecule has 0 aliphatic rings. The van der Waals surface area contributed by atoms with Crippen LogP contribution in [0, 0.1) is 6.92 Å². The molecule has 8 heteroatoms. The first-order valence-electron chi connectivity index (χ1n) is 10.2. The summed E-state index contributed by atoms with van der Waals surface area (Å²) in [6.07, 6.45) is 0.171. The molecule has 4 aromatic rings. The van der Waals surface area contributed by atoms with Gasteiger partial charge in [-0.1, -0.05) is 54.1 Å². The quantitative estimate of drug-likeness (QED) is 0.230. The van der Waals surface area contributed by atoms with Crippen LogP contribution in [0.25, 0.3) is 10.8 Å². The zero-order valence-corrected chi connectivity index (χ0v) is 20.2. The van der Waals surface area contributed by atoms with Crippen LogP contribution in [0.4, 0.5) is 5.69 Å². The molecule has 0 bridgehead atoms. The highest BCUT2D eigenvalue weighted by Gasteiger charge is 2.12. The fourth-order valence-corrected chi connectivity index (χ4v) is 5.28. The van der Waals surface area contributed by atoms with E-state index in [4.69, 9.17) is 16.3 Å². The lowest BCUT2D eigenvalue weighted by Crippen LogP contribution is -2.15. The van der Waals surface area contributed by atoms with Gasteiger partial charge >= 0.3 is 5.97 Å². The van der Waals surface area contributed by atoms with E-state index < -0.39 is 0 Å². The molecule has 0 fully saturated rings. The molecule has 0 unspecified atom stereocenters. The van der Waals surface area contributed by atoms with E-state index >= 15 is 0 Å². The summed E-state index contributed by atoms with van der Waals surface area (Å²) in [6.45, 7) is 2.02. The second kappa shape index (κ2) is 10.8. The Morgan fingerprint density at radius 1 is 1.09 bits per heavy atom. The van der Waals surface area contributed by atoms with E-state index in [0.717, 1.165) is 26.9 Å². The van der Waals surface area contributed by atoms with Gasteiger partial charge in [0, 0.05) is 26.4 Å². The number of carbonyl (C=O) groups is 2. The monoisotopic (exact) mass is 496 g/mol. The van der Waals surface area contributed by atoms with Gasteiger partial charge in [0.1, 0.15) is 11.6 Å². The van der Waals surface area contributed by atoms with Crippen molar-refractivity contribution in [2.75, 3.05) is 11.1 Å². The predicted molar refractivity (Wildman–Crippen MR) is 135 cm³/mol. The summed E-state index contributed by atoms with van der Waals surface area (Å²) in [4.78, 5) is 29.9. The van der Waals surface area contributed by atoms with Crippen molar-refractivity contribution in [1.82, 2.24) is 4.98 Å². The number of para-hydroxylation sites is 1. The van der Waals surface area contributed by atoms with Crippen LogP contribution in [-0.4, -0.2) is 22.6 Å². The van der Waals surface area contributed by atoms with Crippen LogP contribution in [0.15, 0.2) is 70.9 Å². The van der Waals surface area contributed by atoms with Gasteiger partial charge in [-0.25, -0.2) is 4.98 Å². The Kier molecular flexibility index (Phi) is 7.65. The summed E-state index contributed by atoms with van der Waals surface area (Å²) in [5.41, 5.74) is 2.42. The van der Waals surface area contributed by atoms with Crippen LogP contribution >= 0.6 is 34.7 Å². The standard InChI is InChI=1S/C25H21ClN2O3S2/c1-16-6-2-3-10-20(16)28-22(29)12-23-27-18(14-33-23)13-31-24(30)15-32-21-11-5-8-17-7-4-9-19(26)25(17)21/h2-11,14H,12-13,15H2,1H3,(H,28,29). The minimum atomic E-state index is -0.337. The Hall–Kier alpha value is -2.87. The molecular formula is C25H21ClN2O3S2. The number of thioether (sulfide) groups is 1. The molecule has 168 valence electrons. The average Bonchev–Trinajstić information content (AvgIpc) is 3.25. The van der Waals surface area contributed by atoms with Crippen molar-refractivity contribution < 1.29 is 14.3 Å². The molecule has 1 amide bonds. The van der Waals surface area contributed by atoms with E-state index in [1.165, 1.54) is 23.1 Å². The smallest absolute Gasteiger partial charge is 0.316 e. The van der Waals surface area contributed by atoms with E-state index in [9.17, 15) is 9.59 Å². The number of amides is 1. The molecule has 1 heterocycles. The van der Waals surface area contributed by atoms with Crippen LogP contribution in [0.2, 0.25) is 5.02 Å². The van der Waals surface area contributed by atoms with Crippen molar-refractivity contribution in [2.45, 2.75) is 24.8 Å². The number of aryl methyl sites for hydroxylation is 1. The number of aromatic nitrogens is 1. The Labute approximate surface area is 205 Å². The van der Waals surface area contributed by atoms with Gasteiger partial charge in [0.25, 0.3) is 0 Å². The van der Waals surface area contributed by atoms with Crippen molar-refractivity contribution in [1.29, 1.82) is 0 Å². The number of nitrogens with one attached hydrogen (secondary N) is 1. The summed E-state index contributed by atoms with van der Waals surface area (Å²) in [5.74, 6) is -0.302. The normalized spacial score (nSPS) is 10.8. The second-order valence-corrected chi connectivity index (χ2v) is 9.68. The van der Waals surface area contributed by atoms with Crippen LogP contribution in [-0.2, 0) is 27.4 Å². The first kappa shape index (κ1) is 23.3. The summed E-state index contributed by atoms with van der Waals surface area (Å²) in [5, 5.41) is 8.00. The maximum atomic E-state index is 12.3. The van der Waals surface area contributed by atoms with Crippen molar-refractivity contribution in [3.8, 4) is 0 Å². The van der Waals surface area contributed by atoms with Gasteiger partial charge in [-0.15, -0.1) is 23.1 Å². The molecule has 3 aromatic carbocycles. The summed E-state index contributed by atoms with van der Waals surface area (Å²) in [6, 6.07) is 19.2. The fourth-order valence-electron chi connectivity index (χ4n) is 3.26. The van der Waals surface area contributed by atoms with E-state index in [0.29, 0.717) is 15.7 Å². The number of halogens is 1. The number of benzene rings is 3. The number of ether oxygens (including phenoxy) is 1. The molecule has 0 radical (unpaired) electrons. The third-order valence-corrected chi connectivity index (χ3v) is 7.12. The number of esters is 1. The lowest BCUT2D eigenvalue weighted by atomic mass is 10.1. The number of nitrogens with zero attached hydrogens (tertiary/aromatic N) is 1. The van der Waals surface area contributed by atoms with Crippen LogP contribution in [0.3, 0.4) is 0 Å². The van der Waals surface area contributed by atoms with E-state index in [1.54, 1.807) is 5.38 Å². The van der Waals surface area contributed by atoms with Crippen LogP contribution < -0.4 is 5.32 Å². The Bertz CT molecular complexity index is 1300. The molecule has 1 aromatic heterocycles. The number of thiazole rings is 1. The maximum absolute atomic E-state index is 12.3. The number of hydrogen-bond donors (Lipinski definition) is 1. The first-order valence-corrected chi connectivity index (χ1v) is 12.5. The molecule has 4 rings (SSSR count). The highest BCUT2D eigenvalue weighted by atomic mass is 35.5. The van der Waals surface area contributed by atoms with Gasteiger partial charge in [-0.2, -0.15) is 0 Å². The SMILES string of the molecule is Cc1ccccc1NC(=O)Cc1nc(COC(=O)CSc2cccc3cccc(Cl)c23)cs1. The van der Waals surface area contributed by atoms with Crippen LogP contribution in [0.5, 0.6) is 0 Å². The zero-order valence-electron chi connectivity index (χ0n) is 17.8. The van der Waals surface area contributed by atoms with Gasteiger partial charge in [0.05, 0.1) is 17.9 Å². The van der Waals surface area contributed by atoms with Crippen molar-refractivity contribution in [2.24, 2.45) is 0 Å². The largest absolute Gasteiger partial charge is 0.459 e. The van der Waals surface area contributed by atoms with E-state index in [1.807, 2.05) is 67.6 Å². The fraction of sp³-hybridized carbons (Fsp3) is 0.160.